The standard InChI is InChI=1S/C9H4INOS/c10-5-1-8(12)7-3-6(4-11)13-9(7)2-5/h1-3,12H. The number of nitrogens with zero attached hydrogens (tertiary/aromatic N) is 1. The van der Waals surface area contributed by atoms with Gasteiger partial charge in [0.15, 0.2) is 0 Å². The molecule has 13 heavy (non-hydrogen) atoms. The number of aromatic hydroxyl groups is 1. The summed E-state index contributed by atoms with van der Waals surface area (Å²) in [5, 5.41) is 19.0. The van der Waals surface area contributed by atoms with Crippen molar-refractivity contribution in [3.05, 3.63) is 26.6 Å². The van der Waals surface area contributed by atoms with E-state index in [2.05, 4.69) is 28.7 Å². The van der Waals surface area contributed by atoms with Crippen molar-refractivity contribution in [2.75, 3.05) is 0 Å². The van der Waals surface area contributed by atoms with E-state index < -0.39 is 0 Å². The third kappa shape index (κ3) is 1.49. The average molecular weight is 301 g/mol. The molecule has 1 N–H and O–H groups in total. The number of hydrogen-bond acceptors (Lipinski definition) is 3. The summed E-state index contributed by atoms with van der Waals surface area (Å²) in [5.41, 5.74) is 0. The van der Waals surface area contributed by atoms with Gasteiger partial charge in [-0.05, 0) is 40.8 Å². The number of benzene rings is 1. The van der Waals surface area contributed by atoms with Crippen LogP contribution in [-0.4, -0.2) is 5.11 Å². The molecule has 0 unspecified atom stereocenters. The molecule has 0 bridgehead atoms. The van der Waals surface area contributed by atoms with Crippen LogP contribution in [-0.2, 0) is 0 Å². The van der Waals surface area contributed by atoms with E-state index in [-0.39, 0.29) is 5.75 Å². The van der Waals surface area contributed by atoms with Gasteiger partial charge in [0.25, 0.3) is 0 Å². The molecular formula is C9H4INOS. The van der Waals surface area contributed by atoms with Gasteiger partial charge in [-0.1, -0.05) is 0 Å². The van der Waals surface area contributed by atoms with Crippen LogP contribution in [0.15, 0.2) is 18.2 Å². The highest BCUT2D eigenvalue weighted by atomic mass is 127. The smallest absolute Gasteiger partial charge is 0.125 e. The van der Waals surface area contributed by atoms with Crippen LogP contribution in [0.4, 0.5) is 0 Å². The van der Waals surface area contributed by atoms with E-state index in [1.165, 1.54) is 11.3 Å². The van der Waals surface area contributed by atoms with Gasteiger partial charge in [0.1, 0.15) is 16.7 Å². The topological polar surface area (TPSA) is 44.0 Å². The van der Waals surface area contributed by atoms with Gasteiger partial charge in [0.05, 0.1) is 0 Å². The number of halogens is 1. The third-order valence-corrected chi connectivity index (χ3v) is 3.30. The highest BCUT2D eigenvalue weighted by molar-refractivity contribution is 14.1. The molecule has 0 atom stereocenters. The Morgan fingerprint density at radius 2 is 2.15 bits per heavy atom. The van der Waals surface area contributed by atoms with E-state index in [4.69, 9.17) is 5.26 Å². The van der Waals surface area contributed by atoms with Crippen LogP contribution in [0.3, 0.4) is 0 Å². The lowest BCUT2D eigenvalue weighted by Crippen LogP contribution is -1.70. The van der Waals surface area contributed by atoms with Gasteiger partial charge in [-0.2, -0.15) is 5.26 Å². The Hall–Kier alpha value is -0.800. The summed E-state index contributed by atoms with van der Waals surface area (Å²) in [5.74, 6) is 0.250. The SMILES string of the molecule is N#Cc1cc2c(O)cc(I)cc2s1. The van der Waals surface area contributed by atoms with Gasteiger partial charge >= 0.3 is 0 Å². The Morgan fingerprint density at radius 3 is 2.85 bits per heavy atom. The molecule has 1 aromatic carbocycles. The number of nitriles is 1. The average Bonchev–Trinajstić information content (AvgIpc) is 2.47. The molecule has 0 saturated carbocycles. The first-order chi connectivity index (χ1) is 6.20. The summed E-state index contributed by atoms with van der Waals surface area (Å²) in [6.07, 6.45) is 0. The number of phenolic OH excluding ortho intramolecular Hbond substituents is 1. The monoisotopic (exact) mass is 301 g/mol. The number of rotatable bonds is 0. The largest absolute Gasteiger partial charge is 0.507 e. The predicted octanol–water partition coefficient (Wildman–Crippen LogP) is 3.08. The Bertz CT molecular complexity index is 512. The van der Waals surface area contributed by atoms with E-state index in [9.17, 15) is 5.11 Å². The van der Waals surface area contributed by atoms with Gasteiger partial charge in [0.2, 0.25) is 0 Å². The normalized spacial score (nSPS) is 10.2. The van der Waals surface area contributed by atoms with Gasteiger partial charge in [-0.15, -0.1) is 11.3 Å². The highest BCUT2D eigenvalue weighted by Crippen LogP contribution is 2.33. The molecule has 1 aromatic heterocycles. The van der Waals surface area contributed by atoms with Gasteiger partial charge in [-0.3, -0.25) is 0 Å². The minimum atomic E-state index is 0.250. The number of phenols is 1. The summed E-state index contributed by atoms with van der Waals surface area (Å²) in [6, 6.07) is 7.43. The van der Waals surface area contributed by atoms with E-state index in [1.807, 2.05) is 6.07 Å². The third-order valence-electron chi connectivity index (χ3n) is 1.69. The minimum absolute atomic E-state index is 0.250. The first kappa shape index (κ1) is 8.78. The van der Waals surface area contributed by atoms with Crippen LogP contribution in [0.2, 0.25) is 0 Å². The van der Waals surface area contributed by atoms with Crippen LogP contribution >= 0.6 is 33.9 Å². The van der Waals surface area contributed by atoms with E-state index in [1.54, 1.807) is 12.1 Å². The molecular weight excluding hydrogens is 297 g/mol. The zero-order chi connectivity index (χ0) is 9.42. The molecule has 0 spiro atoms. The summed E-state index contributed by atoms with van der Waals surface area (Å²) >= 11 is 3.54. The predicted molar refractivity (Wildman–Crippen MR) is 60.9 cm³/mol. The number of fused-ring (bicyclic) bond motifs is 1. The van der Waals surface area contributed by atoms with Gasteiger partial charge in [0, 0.05) is 13.7 Å². The Kier molecular flexibility index (Phi) is 2.14. The van der Waals surface area contributed by atoms with E-state index in [0.717, 1.165) is 13.7 Å². The van der Waals surface area contributed by atoms with Crippen molar-refractivity contribution in [1.29, 1.82) is 5.26 Å². The Labute approximate surface area is 92.6 Å². The second-order valence-electron chi connectivity index (χ2n) is 2.56. The van der Waals surface area contributed by atoms with Gasteiger partial charge in [-0.25, -0.2) is 0 Å². The van der Waals surface area contributed by atoms with Crippen molar-refractivity contribution in [2.24, 2.45) is 0 Å². The fourth-order valence-corrected chi connectivity index (χ4v) is 2.88. The van der Waals surface area contributed by atoms with Crippen molar-refractivity contribution >= 4 is 44.0 Å². The molecule has 0 aliphatic carbocycles. The quantitative estimate of drug-likeness (QED) is 0.760. The fourth-order valence-electron chi connectivity index (χ4n) is 1.14. The molecule has 2 rings (SSSR count). The minimum Gasteiger partial charge on any atom is -0.507 e. The van der Waals surface area contributed by atoms with Crippen molar-refractivity contribution in [3.8, 4) is 11.8 Å². The first-order valence-corrected chi connectivity index (χ1v) is 5.42. The maximum absolute atomic E-state index is 9.55. The molecule has 0 aliphatic rings. The fraction of sp³-hybridized carbons (Fsp3) is 0. The lowest BCUT2D eigenvalue weighted by molar-refractivity contribution is 0.481. The molecule has 2 aromatic rings. The van der Waals surface area contributed by atoms with Crippen LogP contribution in [0.25, 0.3) is 10.1 Å². The molecule has 64 valence electrons. The summed E-state index contributed by atoms with van der Waals surface area (Å²) in [6.45, 7) is 0. The maximum Gasteiger partial charge on any atom is 0.125 e. The molecule has 2 nitrogen and oxygen atoms in total. The molecule has 4 heteroatoms. The van der Waals surface area contributed by atoms with Crippen molar-refractivity contribution < 1.29 is 5.11 Å². The number of thiophene rings is 1. The molecule has 1 heterocycles. The lowest BCUT2D eigenvalue weighted by Gasteiger charge is -1.94. The Morgan fingerprint density at radius 1 is 1.38 bits per heavy atom. The van der Waals surface area contributed by atoms with Crippen LogP contribution in [0.1, 0.15) is 4.88 Å². The summed E-state index contributed by atoms with van der Waals surface area (Å²) in [4.78, 5) is 0.632. The van der Waals surface area contributed by atoms with E-state index in [0.29, 0.717) is 4.88 Å². The second-order valence-corrected chi connectivity index (χ2v) is 4.89. The van der Waals surface area contributed by atoms with Crippen LogP contribution < -0.4 is 0 Å². The summed E-state index contributed by atoms with van der Waals surface area (Å²) < 4.78 is 1.94. The Balaban J connectivity index is 2.84. The molecule has 0 fully saturated rings. The first-order valence-electron chi connectivity index (χ1n) is 3.53. The van der Waals surface area contributed by atoms with Gasteiger partial charge < -0.3 is 5.11 Å². The van der Waals surface area contributed by atoms with Crippen LogP contribution in [0.5, 0.6) is 5.75 Å². The van der Waals surface area contributed by atoms with Crippen molar-refractivity contribution in [2.45, 2.75) is 0 Å². The van der Waals surface area contributed by atoms with Crippen molar-refractivity contribution in [3.63, 3.8) is 0 Å². The van der Waals surface area contributed by atoms with Crippen molar-refractivity contribution in [1.82, 2.24) is 0 Å². The second kappa shape index (κ2) is 3.16. The van der Waals surface area contributed by atoms with Crippen LogP contribution in [0, 0.1) is 14.9 Å². The molecule has 0 aliphatic heterocycles. The highest BCUT2D eigenvalue weighted by Gasteiger charge is 2.06. The van der Waals surface area contributed by atoms with E-state index >= 15 is 0 Å². The number of hydrogen-bond donors (Lipinski definition) is 1. The lowest BCUT2D eigenvalue weighted by atomic mass is 10.2. The zero-order valence-electron chi connectivity index (χ0n) is 6.41. The molecule has 0 saturated heterocycles. The summed E-state index contributed by atoms with van der Waals surface area (Å²) in [7, 11) is 0. The zero-order valence-corrected chi connectivity index (χ0v) is 9.39. The molecule has 0 amide bonds. The molecule has 0 radical (unpaired) electrons. The maximum atomic E-state index is 9.55.